The zero-order valence-electron chi connectivity index (χ0n) is 19.6. The van der Waals surface area contributed by atoms with Gasteiger partial charge in [0.25, 0.3) is 0 Å². The van der Waals surface area contributed by atoms with E-state index >= 15 is 0 Å². The van der Waals surface area contributed by atoms with Gasteiger partial charge in [-0.3, -0.25) is 9.59 Å². The van der Waals surface area contributed by atoms with E-state index in [1.807, 2.05) is 20.0 Å². The lowest BCUT2D eigenvalue weighted by atomic mass is 9.47. The van der Waals surface area contributed by atoms with Crippen LogP contribution < -0.4 is 16.0 Å². The van der Waals surface area contributed by atoms with Crippen molar-refractivity contribution < 1.29 is 9.59 Å². The first kappa shape index (κ1) is 21.7. The fraction of sp³-hybridized carbons (Fsp3) is 0.720. The average Bonchev–Trinajstić information content (AvgIpc) is 2.76. The number of hydrogen-bond acceptors (Lipinski definition) is 5. The highest BCUT2D eigenvalue weighted by Crippen LogP contribution is 2.60. The number of primary amides is 1. The molecule has 0 radical (unpaired) electrons. The van der Waals surface area contributed by atoms with Gasteiger partial charge in [0.15, 0.2) is 0 Å². The Balaban J connectivity index is 1.27. The minimum absolute atomic E-state index is 0.0530. The van der Waals surface area contributed by atoms with E-state index in [0.29, 0.717) is 17.8 Å². The zero-order valence-corrected chi connectivity index (χ0v) is 19.6. The third-order valence-corrected chi connectivity index (χ3v) is 8.96. The second kappa shape index (κ2) is 7.72. The molecule has 1 aromatic heterocycles. The van der Waals surface area contributed by atoms with Crippen molar-refractivity contribution in [1.29, 1.82) is 0 Å². The van der Waals surface area contributed by atoms with Crippen molar-refractivity contribution in [2.24, 2.45) is 28.9 Å². The highest BCUT2D eigenvalue weighted by molar-refractivity contribution is 5.88. The molecule has 32 heavy (non-hydrogen) atoms. The maximum absolute atomic E-state index is 13.4. The van der Waals surface area contributed by atoms with Crippen molar-refractivity contribution in [3.63, 3.8) is 0 Å². The van der Waals surface area contributed by atoms with Gasteiger partial charge >= 0.3 is 0 Å². The lowest BCUT2D eigenvalue weighted by Crippen LogP contribution is -2.63. The maximum Gasteiger partial charge on any atom is 0.230 e. The molecule has 1 saturated heterocycles. The molecular weight excluding hydrogens is 402 g/mol. The van der Waals surface area contributed by atoms with E-state index in [1.54, 1.807) is 0 Å². The molecule has 5 atom stereocenters. The van der Waals surface area contributed by atoms with Gasteiger partial charge in [-0.25, -0.2) is 4.98 Å². The van der Waals surface area contributed by atoms with Crippen LogP contribution in [0, 0.1) is 23.2 Å². The molecule has 0 aromatic carbocycles. The number of carbonyl (C=O) groups is 2. The number of nitrogens with one attached hydrogen (secondary N) is 1. The predicted octanol–water partition coefficient (Wildman–Crippen LogP) is 1.91. The molecule has 4 bridgehead atoms. The summed E-state index contributed by atoms with van der Waals surface area (Å²) in [6.45, 7) is 8.00. The number of nitrogens with zero attached hydrogens (tertiary/aromatic N) is 3. The Bertz CT molecular complexity index is 874. The van der Waals surface area contributed by atoms with E-state index in [-0.39, 0.29) is 23.3 Å². The number of anilines is 1. The molecule has 2 heterocycles. The molecule has 6 rings (SSSR count). The van der Waals surface area contributed by atoms with Crippen molar-refractivity contribution in [3.8, 4) is 0 Å². The van der Waals surface area contributed by atoms with Crippen molar-refractivity contribution in [1.82, 2.24) is 15.2 Å². The van der Waals surface area contributed by atoms with Crippen LogP contribution in [0.3, 0.4) is 0 Å². The molecule has 174 valence electrons. The molecule has 3 N–H and O–H groups in total. The fourth-order valence-electron chi connectivity index (χ4n) is 7.00. The van der Waals surface area contributed by atoms with Gasteiger partial charge in [0.1, 0.15) is 5.82 Å². The molecule has 7 nitrogen and oxygen atoms in total. The molecular formula is C25H37N5O2. The van der Waals surface area contributed by atoms with Gasteiger partial charge in [-0.15, -0.1) is 0 Å². The number of aromatic nitrogens is 1. The second-order valence-electron chi connectivity index (χ2n) is 11.4. The van der Waals surface area contributed by atoms with Crippen LogP contribution in [0.2, 0.25) is 0 Å². The van der Waals surface area contributed by atoms with Crippen LogP contribution in [-0.2, 0) is 15.0 Å². The van der Waals surface area contributed by atoms with Crippen LogP contribution in [0.4, 0.5) is 5.82 Å². The number of nitrogens with two attached hydrogens (primary N) is 1. The molecule has 5 aliphatic rings. The van der Waals surface area contributed by atoms with E-state index in [2.05, 4.69) is 34.3 Å². The summed E-state index contributed by atoms with van der Waals surface area (Å²) in [6.07, 6.45) is 6.71. The molecule has 4 aliphatic carbocycles. The van der Waals surface area contributed by atoms with Crippen LogP contribution in [0.25, 0.3) is 0 Å². The third kappa shape index (κ3) is 3.58. The number of rotatable bonds is 5. The summed E-state index contributed by atoms with van der Waals surface area (Å²) < 4.78 is 0. The van der Waals surface area contributed by atoms with Crippen LogP contribution >= 0.6 is 0 Å². The first-order valence-electron chi connectivity index (χ1n) is 12.2. The normalized spacial score (nSPS) is 34.5. The van der Waals surface area contributed by atoms with Crippen molar-refractivity contribution in [2.75, 3.05) is 38.1 Å². The summed E-state index contributed by atoms with van der Waals surface area (Å²) in [7, 11) is 2.15. The van der Waals surface area contributed by atoms with E-state index in [0.717, 1.165) is 69.7 Å². The second-order valence-corrected chi connectivity index (χ2v) is 11.4. The lowest BCUT2D eigenvalue weighted by Gasteiger charge is -2.59. The van der Waals surface area contributed by atoms with Gasteiger partial charge in [-0.1, -0.05) is 6.07 Å². The third-order valence-electron chi connectivity index (χ3n) is 8.96. The zero-order chi connectivity index (χ0) is 22.7. The molecule has 1 aromatic rings. The Labute approximate surface area is 191 Å². The summed E-state index contributed by atoms with van der Waals surface area (Å²) in [4.78, 5) is 35.0. The summed E-state index contributed by atoms with van der Waals surface area (Å²) >= 11 is 0. The molecule has 2 amide bonds. The smallest absolute Gasteiger partial charge is 0.230 e. The maximum atomic E-state index is 13.4. The van der Waals surface area contributed by atoms with E-state index < -0.39 is 5.41 Å². The van der Waals surface area contributed by atoms with Gasteiger partial charge in [0, 0.05) is 43.8 Å². The number of pyridine rings is 1. The number of hydrogen-bond donors (Lipinski definition) is 2. The van der Waals surface area contributed by atoms with Gasteiger partial charge in [0.05, 0.1) is 5.41 Å². The minimum Gasteiger partial charge on any atom is -0.369 e. The van der Waals surface area contributed by atoms with E-state index in [4.69, 9.17) is 10.7 Å². The molecule has 5 fully saturated rings. The summed E-state index contributed by atoms with van der Waals surface area (Å²) in [5, 5.41) is 3.40. The van der Waals surface area contributed by atoms with Gasteiger partial charge in [-0.2, -0.15) is 0 Å². The van der Waals surface area contributed by atoms with Crippen LogP contribution in [0.5, 0.6) is 0 Å². The first-order chi connectivity index (χ1) is 15.2. The quantitative estimate of drug-likeness (QED) is 0.731. The van der Waals surface area contributed by atoms with Gasteiger partial charge in [0.2, 0.25) is 11.8 Å². The molecule has 4 saturated carbocycles. The van der Waals surface area contributed by atoms with E-state index in [9.17, 15) is 9.59 Å². The van der Waals surface area contributed by atoms with E-state index in [1.165, 1.54) is 0 Å². The number of amides is 2. The van der Waals surface area contributed by atoms with Gasteiger partial charge in [-0.05, 0) is 82.4 Å². The largest absolute Gasteiger partial charge is 0.369 e. The fourth-order valence-corrected chi connectivity index (χ4v) is 7.00. The van der Waals surface area contributed by atoms with Crippen molar-refractivity contribution in [2.45, 2.75) is 57.4 Å². The SMILES string of the molecule is CN1CCN(c2ccc(C(C)(C)C(=O)NC3[C@@H]4CC5C[C@H]3CC(C(N)=O)(C5)C4)cn2)CC1. The predicted molar refractivity (Wildman–Crippen MR) is 124 cm³/mol. The topological polar surface area (TPSA) is 91.6 Å². The highest BCUT2D eigenvalue weighted by atomic mass is 16.2. The number of likely N-dealkylation sites (N-methyl/N-ethyl adjacent to an activating group) is 1. The molecule has 3 unspecified atom stereocenters. The molecule has 7 heteroatoms. The Morgan fingerprint density at radius 3 is 2.31 bits per heavy atom. The standard InChI is InChI=1S/C25H37N5O2/c1-24(2,19-4-5-20(27-15-19)30-8-6-29(3)7-9-30)23(32)28-21-17-10-16-11-18(21)14-25(12-16,13-17)22(26)31/h4-5,15-18,21H,6-14H2,1-3H3,(H2,26,31)(H,28,32)/t16?,17-,18+,21?,25?. The van der Waals surface area contributed by atoms with Crippen molar-refractivity contribution >= 4 is 17.6 Å². The first-order valence-corrected chi connectivity index (χ1v) is 12.2. The summed E-state index contributed by atoms with van der Waals surface area (Å²) in [5.41, 5.74) is 5.77. The monoisotopic (exact) mass is 439 g/mol. The minimum atomic E-state index is -0.663. The number of piperazine rings is 1. The Kier molecular flexibility index (Phi) is 5.23. The van der Waals surface area contributed by atoms with Crippen LogP contribution in [0.1, 0.15) is 51.5 Å². The highest BCUT2D eigenvalue weighted by Gasteiger charge is 2.58. The molecule has 0 spiro atoms. The van der Waals surface area contributed by atoms with Crippen LogP contribution in [0.15, 0.2) is 18.3 Å². The van der Waals surface area contributed by atoms with Crippen LogP contribution in [-0.4, -0.2) is 61.0 Å². The Morgan fingerprint density at radius 1 is 1.09 bits per heavy atom. The average molecular weight is 440 g/mol. The van der Waals surface area contributed by atoms with Crippen molar-refractivity contribution in [3.05, 3.63) is 23.9 Å². The Morgan fingerprint density at radius 2 is 1.75 bits per heavy atom. The Hall–Kier alpha value is -2.15. The van der Waals surface area contributed by atoms with Gasteiger partial charge < -0.3 is 20.9 Å². The molecule has 1 aliphatic heterocycles. The number of carbonyl (C=O) groups excluding carboxylic acids is 2. The summed E-state index contributed by atoms with van der Waals surface area (Å²) in [6, 6.07) is 4.26. The lowest BCUT2D eigenvalue weighted by molar-refractivity contribution is -0.148. The summed E-state index contributed by atoms with van der Waals surface area (Å²) in [5.74, 6) is 2.23.